The molecule has 4 N–H and O–H groups in total. The number of thioether (sulfide) groups is 1. The van der Waals surface area contributed by atoms with Gasteiger partial charge >= 0.3 is 5.97 Å². The summed E-state index contributed by atoms with van der Waals surface area (Å²) in [5.41, 5.74) is 6.86. The second kappa shape index (κ2) is 13.0. The highest BCUT2D eigenvalue weighted by Crippen LogP contribution is 2.40. The number of rotatable bonds is 13. The molecule has 4 heterocycles. The number of pyridine rings is 1. The normalized spacial score (nSPS) is 19.0. The van der Waals surface area contributed by atoms with Gasteiger partial charge in [-0.2, -0.15) is 9.36 Å². The summed E-state index contributed by atoms with van der Waals surface area (Å²) in [6.45, 7) is 3.61. The van der Waals surface area contributed by atoms with Crippen LogP contribution in [0.5, 0.6) is 0 Å². The minimum absolute atomic E-state index is 0.0265. The largest absolute Gasteiger partial charge is 0.477 e. The van der Waals surface area contributed by atoms with Crippen molar-refractivity contribution in [2.24, 2.45) is 5.16 Å². The predicted molar refractivity (Wildman–Crippen MR) is 140 cm³/mol. The highest BCUT2D eigenvalue weighted by Gasteiger charge is 2.54. The summed E-state index contributed by atoms with van der Waals surface area (Å²) >= 11 is 2.26. The summed E-state index contributed by atoms with van der Waals surface area (Å²) in [5, 5.41) is 15.9. The fourth-order valence-corrected chi connectivity index (χ4v) is 5.67. The van der Waals surface area contributed by atoms with Gasteiger partial charge in [-0.05, 0) is 12.5 Å². The number of β-lactam (4-membered cyclic amide) rings is 1. The van der Waals surface area contributed by atoms with Gasteiger partial charge < -0.3 is 30.5 Å². The third-order valence-electron chi connectivity index (χ3n) is 5.72. The number of nitrogens with two attached hydrogens (primary N) is 1. The van der Waals surface area contributed by atoms with Crippen molar-refractivity contribution in [1.82, 2.24) is 19.6 Å². The van der Waals surface area contributed by atoms with E-state index in [0.717, 1.165) is 17.1 Å². The lowest BCUT2D eigenvalue weighted by atomic mass is 10.0. The zero-order chi connectivity index (χ0) is 27.9. The number of aromatic nitrogens is 3. The molecule has 0 spiro atoms. The van der Waals surface area contributed by atoms with Crippen LogP contribution in [0.4, 0.5) is 5.13 Å². The molecule has 2 aromatic rings. The zero-order valence-corrected chi connectivity index (χ0v) is 22.9. The predicted octanol–water partition coefficient (Wildman–Crippen LogP) is -0.250. The number of carboxylic acid groups (broad SMARTS) is 1. The van der Waals surface area contributed by atoms with Crippen LogP contribution in [0.2, 0.25) is 0 Å². The number of methoxy groups -OCH3 is 1. The van der Waals surface area contributed by atoms with Crippen molar-refractivity contribution in [2.45, 2.75) is 31.5 Å². The van der Waals surface area contributed by atoms with Crippen LogP contribution in [0.1, 0.15) is 18.3 Å². The Morgan fingerprint density at radius 1 is 1.33 bits per heavy atom. The number of ether oxygens (including phenoxy) is 2. The van der Waals surface area contributed by atoms with Crippen LogP contribution in [-0.2, 0) is 41.8 Å². The van der Waals surface area contributed by atoms with Crippen molar-refractivity contribution in [2.75, 3.05) is 38.4 Å². The van der Waals surface area contributed by atoms with E-state index in [0.29, 0.717) is 31.1 Å². The molecule has 1 fully saturated rings. The Morgan fingerprint density at radius 2 is 2.10 bits per heavy atom. The SMILES string of the molecule is CCON=C(C(=O)NC1C(=O)N2C(C(=O)O)=C(C[n+]3ccc(COCCOC)cc3)CS[C@@H]12)c1nsc(N)n1. The van der Waals surface area contributed by atoms with Crippen LogP contribution in [0.25, 0.3) is 0 Å². The van der Waals surface area contributed by atoms with Gasteiger partial charge in [0.15, 0.2) is 24.1 Å². The maximum absolute atomic E-state index is 13.1. The average Bonchev–Trinajstić information content (AvgIpc) is 3.36. The number of carbonyl (C=O) groups is 3. The number of nitrogen functional groups attached to an aromatic ring is 1. The van der Waals surface area contributed by atoms with Gasteiger partial charge in [-0.25, -0.2) is 9.36 Å². The molecule has 2 atom stereocenters. The molecule has 0 radical (unpaired) electrons. The smallest absolute Gasteiger partial charge is 0.352 e. The number of hydrogen-bond acceptors (Lipinski definition) is 12. The van der Waals surface area contributed by atoms with E-state index in [1.54, 1.807) is 14.0 Å². The third-order valence-corrected chi connectivity index (χ3v) is 7.61. The highest BCUT2D eigenvalue weighted by atomic mass is 32.2. The summed E-state index contributed by atoms with van der Waals surface area (Å²) in [6, 6.07) is 2.82. The number of aliphatic carboxylic acids is 1. The number of oxime groups is 1. The first-order valence-corrected chi connectivity index (χ1v) is 13.7. The molecular formula is C23H28N7O7S2+. The Balaban J connectivity index is 1.44. The fourth-order valence-electron chi connectivity index (χ4n) is 3.90. The lowest BCUT2D eigenvalue weighted by Crippen LogP contribution is -2.71. The number of anilines is 1. The topological polar surface area (TPSA) is 182 Å². The van der Waals surface area contributed by atoms with E-state index < -0.39 is 29.2 Å². The molecular weight excluding hydrogens is 550 g/mol. The minimum atomic E-state index is -1.21. The summed E-state index contributed by atoms with van der Waals surface area (Å²) in [7, 11) is 1.61. The van der Waals surface area contributed by atoms with Crippen molar-refractivity contribution in [3.8, 4) is 0 Å². The van der Waals surface area contributed by atoms with E-state index in [4.69, 9.17) is 20.0 Å². The Hall–Kier alpha value is -3.60. The van der Waals surface area contributed by atoms with Gasteiger partial charge in [-0.3, -0.25) is 14.5 Å². The number of carboxylic acids is 1. The molecule has 0 aliphatic carbocycles. The zero-order valence-electron chi connectivity index (χ0n) is 21.2. The maximum atomic E-state index is 13.1. The second-order valence-corrected chi connectivity index (χ2v) is 10.2. The Bertz CT molecular complexity index is 1280. The molecule has 0 aromatic carbocycles. The number of fused-ring (bicyclic) bond motifs is 1. The number of hydrogen-bond donors (Lipinski definition) is 3. The first-order valence-electron chi connectivity index (χ1n) is 11.9. The standard InChI is InChI=1S/C23H27N7O7S2/c1-3-37-27-15(18-26-23(24)39-28-18)19(31)25-16-20(32)30-17(22(33)34)14(12-38-21(16)30)10-29-6-4-13(5-7-29)11-36-9-8-35-2/h4-7,16,21H,3,8-12H2,1-2H3,(H3-,24,25,26,28,31,33,34)/p+1/t16?,21-/m0/s1. The lowest BCUT2D eigenvalue weighted by Gasteiger charge is -2.49. The Labute approximate surface area is 232 Å². The van der Waals surface area contributed by atoms with Gasteiger partial charge in [-0.1, -0.05) is 5.16 Å². The van der Waals surface area contributed by atoms with Crippen LogP contribution in [0.3, 0.4) is 0 Å². The molecule has 4 rings (SSSR count). The first kappa shape index (κ1) is 28.4. The van der Waals surface area contributed by atoms with Crippen LogP contribution in [0, 0.1) is 0 Å². The van der Waals surface area contributed by atoms with Gasteiger partial charge in [0.1, 0.15) is 23.7 Å². The summed E-state index contributed by atoms with van der Waals surface area (Å²) < 4.78 is 16.3. The molecule has 0 bridgehead atoms. The van der Waals surface area contributed by atoms with Gasteiger partial charge in [-0.15, -0.1) is 11.8 Å². The van der Waals surface area contributed by atoms with Gasteiger partial charge in [0.25, 0.3) is 11.8 Å². The quantitative estimate of drug-likeness (QED) is 0.0937. The van der Waals surface area contributed by atoms with E-state index >= 15 is 0 Å². The molecule has 1 unspecified atom stereocenters. The van der Waals surface area contributed by atoms with Crippen LogP contribution in [-0.4, -0.2) is 87.0 Å². The summed E-state index contributed by atoms with van der Waals surface area (Å²) in [4.78, 5) is 48.4. The molecule has 0 saturated carbocycles. The number of nitrogens with one attached hydrogen (secondary N) is 1. The van der Waals surface area contributed by atoms with E-state index in [2.05, 4.69) is 19.8 Å². The third kappa shape index (κ3) is 6.52. The van der Waals surface area contributed by atoms with Crippen molar-refractivity contribution >= 4 is 51.9 Å². The van der Waals surface area contributed by atoms with E-state index in [-0.39, 0.29) is 35.5 Å². The van der Waals surface area contributed by atoms with Crippen LogP contribution < -0.4 is 15.6 Å². The molecule has 2 amide bonds. The fraction of sp³-hybridized carbons (Fsp3) is 0.435. The molecule has 39 heavy (non-hydrogen) atoms. The van der Waals surface area contributed by atoms with Crippen molar-refractivity contribution < 1.29 is 38.4 Å². The molecule has 16 heteroatoms. The van der Waals surface area contributed by atoms with Gasteiger partial charge in [0.05, 0.1) is 19.8 Å². The molecule has 2 aliphatic rings. The van der Waals surface area contributed by atoms with Crippen molar-refractivity contribution in [3.63, 3.8) is 0 Å². The minimum Gasteiger partial charge on any atom is -0.477 e. The second-order valence-electron chi connectivity index (χ2n) is 8.36. The lowest BCUT2D eigenvalue weighted by molar-refractivity contribution is -0.689. The van der Waals surface area contributed by atoms with Crippen molar-refractivity contribution in [3.05, 3.63) is 47.2 Å². The van der Waals surface area contributed by atoms with Crippen molar-refractivity contribution in [1.29, 1.82) is 0 Å². The van der Waals surface area contributed by atoms with E-state index in [1.165, 1.54) is 16.7 Å². The van der Waals surface area contributed by atoms with E-state index in [1.807, 2.05) is 29.1 Å². The van der Waals surface area contributed by atoms with Crippen LogP contribution >= 0.6 is 23.3 Å². The number of amides is 2. The van der Waals surface area contributed by atoms with E-state index in [9.17, 15) is 19.5 Å². The molecule has 2 aromatic heterocycles. The number of carbonyl (C=O) groups excluding carboxylic acids is 2. The average molecular weight is 579 g/mol. The molecule has 1 saturated heterocycles. The Morgan fingerprint density at radius 3 is 2.74 bits per heavy atom. The molecule has 2 aliphatic heterocycles. The highest BCUT2D eigenvalue weighted by molar-refractivity contribution is 8.00. The van der Waals surface area contributed by atoms with Crippen LogP contribution in [0.15, 0.2) is 41.0 Å². The summed E-state index contributed by atoms with van der Waals surface area (Å²) in [6.07, 6.45) is 3.66. The summed E-state index contributed by atoms with van der Waals surface area (Å²) in [5.74, 6) is -2.14. The maximum Gasteiger partial charge on any atom is 0.352 e. The number of nitrogens with zero attached hydrogens (tertiary/aromatic N) is 5. The monoisotopic (exact) mass is 578 g/mol. The molecule has 208 valence electrons. The Kier molecular flexibility index (Phi) is 9.45. The first-order chi connectivity index (χ1) is 18.8. The van der Waals surface area contributed by atoms with Gasteiger partial charge in [0, 0.05) is 42.1 Å². The van der Waals surface area contributed by atoms with Gasteiger partial charge in [0.2, 0.25) is 11.5 Å². The molecule has 14 nitrogen and oxygen atoms in total.